The van der Waals surface area contributed by atoms with Crippen molar-refractivity contribution < 1.29 is 4.42 Å². The van der Waals surface area contributed by atoms with Gasteiger partial charge in [-0.2, -0.15) is 0 Å². The number of aryl methyl sites for hydroxylation is 2. The van der Waals surface area contributed by atoms with E-state index in [1.165, 1.54) is 11.1 Å². The lowest BCUT2D eigenvalue weighted by Gasteiger charge is -2.12. The Kier molecular flexibility index (Phi) is 2.03. The van der Waals surface area contributed by atoms with Gasteiger partial charge in [-0.3, -0.25) is 0 Å². The quantitative estimate of drug-likeness (QED) is 0.689. The molecular formula is C12H10ClNO. The summed E-state index contributed by atoms with van der Waals surface area (Å²) in [6, 6.07) is 8.30. The number of rotatable bonds is 1. The molecule has 3 heteroatoms. The third-order valence-electron chi connectivity index (χ3n) is 2.75. The lowest BCUT2D eigenvalue weighted by atomic mass is 9.93. The Morgan fingerprint density at radius 2 is 2.13 bits per heavy atom. The van der Waals surface area contributed by atoms with Crippen molar-refractivity contribution in [2.45, 2.75) is 18.7 Å². The summed E-state index contributed by atoms with van der Waals surface area (Å²) < 4.78 is 5.64. The highest BCUT2D eigenvalue weighted by molar-refractivity contribution is 6.16. The second-order valence-corrected chi connectivity index (χ2v) is 3.94. The molecule has 0 aliphatic heterocycles. The number of nitrogens with zero attached hydrogens (tertiary/aromatic N) is 1. The maximum absolute atomic E-state index is 5.72. The third kappa shape index (κ3) is 1.37. The molecule has 0 unspecified atom stereocenters. The molecule has 0 spiro atoms. The Morgan fingerprint density at radius 3 is 3.00 bits per heavy atom. The summed E-state index contributed by atoms with van der Waals surface area (Å²) in [6.07, 6.45) is 1.99. The van der Waals surface area contributed by atoms with E-state index in [0.717, 1.165) is 24.3 Å². The van der Waals surface area contributed by atoms with E-state index in [1.54, 1.807) is 0 Å². The normalized spacial score (nSPS) is 13.4. The average Bonchev–Trinajstić information content (AvgIpc) is 2.72. The fourth-order valence-electron chi connectivity index (χ4n) is 2.05. The molecule has 0 atom stereocenters. The Hall–Kier alpha value is -1.28. The first-order chi connectivity index (χ1) is 7.38. The van der Waals surface area contributed by atoms with E-state index in [9.17, 15) is 0 Å². The Bertz CT molecular complexity index is 504. The molecule has 0 saturated carbocycles. The number of hydrogen-bond acceptors (Lipinski definition) is 2. The van der Waals surface area contributed by atoms with Gasteiger partial charge in [-0.15, -0.1) is 11.6 Å². The van der Waals surface area contributed by atoms with Gasteiger partial charge in [-0.1, -0.05) is 24.3 Å². The van der Waals surface area contributed by atoms with Gasteiger partial charge in [0.25, 0.3) is 0 Å². The Morgan fingerprint density at radius 1 is 1.27 bits per heavy atom. The molecule has 0 radical (unpaired) electrons. The Labute approximate surface area is 92.9 Å². The zero-order chi connectivity index (χ0) is 10.3. The monoisotopic (exact) mass is 219 g/mol. The van der Waals surface area contributed by atoms with Crippen LogP contribution in [0.3, 0.4) is 0 Å². The minimum Gasteiger partial charge on any atom is -0.439 e. The number of aromatic nitrogens is 1. The number of oxazole rings is 1. The van der Waals surface area contributed by atoms with Crippen LogP contribution in [0.25, 0.3) is 11.3 Å². The molecule has 3 rings (SSSR count). The van der Waals surface area contributed by atoms with Crippen LogP contribution in [-0.2, 0) is 18.7 Å². The largest absolute Gasteiger partial charge is 0.439 e. The molecule has 15 heavy (non-hydrogen) atoms. The third-order valence-corrected chi connectivity index (χ3v) is 2.98. The summed E-state index contributed by atoms with van der Waals surface area (Å²) in [5.41, 5.74) is 3.55. The highest BCUT2D eigenvalue weighted by atomic mass is 35.5. The SMILES string of the molecule is ClCc1nc2c(o1)-c1ccccc1CC2. The fourth-order valence-corrected chi connectivity index (χ4v) is 2.17. The van der Waals surface area contributed by atoms with Gasteiger partial charge in [0.05, 0.1) is 11.6 Å². The molecular weight excluding hydrogens is 210 g/mol. The number of hydrogen-bond donors (Lipinski definition) is 0. The minimum atomic E-state index is 0.342. The van der Waals surface area contributed by atoms with Gasteiger partial charge in [0.15, 0.2) is 5.76 Å². The summed E-state index contributed by atoms with van der Waals surface area (Å²) in [4.78, 5) is 4.37. The van der Waals surface area contributed by atoms with Crippen LogP contribution in [-0.4, -0.2) is 4.98 Å². The van der Waals surface area contributed by atoms with Gasteiger partial charge in [0.1, 0.15) is 0 Å². The molecule has 0 saturated heterocycles. The number of fused-ring (bicyclic) bond motifs is 3. The molecule has 76 valence electrons. The predicted molar refractivity (Wildman–Crippen MR) is 58.9 cm³/mol. The molecule has 0 N–H and O–H groups in total. The van der Waals surface area contributed by atoms with Crippen molar-refractivity contribution in [2.75, 3.05) is 0 Å². The zero-order valence-electron chi connectivity index (χ0n) is 8.16. The molecule has 2 aromatic rings. The highest BCUT2D eigenvalue weighted by Gasteiger charge is 2.21. The van der Waals surface area contributed by atoms with Crippen LogP contribution >= 0.6 is 11.6 Å². The van der Waals surface area contributed by atoms with Gasteiger partial charge in [-0.05, 0) is 18.4 Å². The fraction of sp³-hybridized carbons (Fsp3) is 0.250. The van der Waals surface area contributed by atoms with Crippen molar-refractivity contribution in [2.24, 2.45) is 0 Å². The maximum Gasteiger partial charge on any atom is 0.210 e. The first-order valence-corrected chi connectivity index (χ1v) is 5.55. The van der Waals surface area contributed by atoms with Crippen LogP contribution in [0.2, 0.25) is 0 Å². The standard InChI is InChI=1S/C12H10ClNO/c13-7-11-14-10-6-5-8-3-1-2-4-9(8)12(10)15-11/h1-4H,5-7H2. The van der Waals surface area contributed by atoms with E-state index in [-0.39, 0.29) is 0 Å². The van der Waals surface area contributed by atoms with Crippen LogP contribution in [0.15, 0.2) is 28.7 Å². The van der Waals surface area contributed by atoms with Crippen LogP contribution < -0.4 is 0 Å². The highest BCUT2D eigenvalue weighted by Crippen LogP contribution is 2.33. The van der Waals surface area contributed by atoms with Gasteiger partial charge in [0, 0.05) is 5.56 Å². The van der Waals surface area contributed by atoms with Crippen LogP contribution in [0, 0.1) is 0 Å². The van der Waals surface area contributed by atoms with Crippen LogP contribution in [0.5, 0.6) is 0 Å². The van der Waals surface area contributed by atoms with Crippen molar-refractivity contribution in [3.63, 3.8) is 0 Å². The summed E-state index contributed by atoms with van der Waals surface area (Å²) in [6.45, 7) is 0. The Balaban J connectivity index is 2.20. The van der Waals surface area contributed by atoms with Gasteiger partial charge in [0.2, 0.25) is 5.89 Å². The van der Waals surface area contributed by atoms with Crippen LogP contribution in [0.4, 0.5) is 0 Å². The van der Waals surface area contributed by atoms with Crippen molar-refractivity contribution in [1.82, 2.24) is 4.98 Å². The molecule has 2 nitrogen and oxygen atoms in total. The van der Waals surface area contributed by atoms with E-state index in [2.05, 4.69) is 23.2 Å². The number of halogens is 1. The van der Waals surface area contributed by atoms with Gasteiger partial charge in [-0.25, -0.2) is 4.98 Å². The molecule has 1 heterocycles. The number of alkyl halides is 1. The summed E-state index contributed by atoms with van der Waals surface area (Å²) in [5, 5.41) is 0. The molecule has 1 aromatic carbocycles. The van der Waals surface area contributed by atoms with E-state index >= 15 is 0 Å². The predicted octanol–water partition coefficient (Wildman–Crippen LogP) is 3.18. The first kappa shape index (κ1) is 8.98. The summed E-state index contributed by atoms with van der Waals surface area (Å²) in [7, 11) is 0. The van der Waals surface area contributed by atoms with Crippen LogP contribution in [0.1, 0.15) is 17.1 Å². The van der Waals surface area contributed by atoms with E-state index in [0.29, 0.717) is 11.8 Å². The first-order valence-electron chi connectivity index (χ1n) is 5.01. The maximum atomic E-state index is 5.72. The van der Waals surface area contributed by atoms with Crippen molar-refractivity contribution in [1.29, 1.82) is 0 Å². The van der Waals surface area contributed by atoms with E-state index in [4.69, 9.17) is 16.0 Å². The second-order valence-electron chi connectivity index (χ2n) is 3.67. The van der Waals surface area contributed by atoms with Crippen molar-refractivity contribution >= 4 is 11.6 Å². The zero-order valence-corrected chi connectivity index (χ0v) is 8.92. The van der Waals surface area contributed by atoms with Gasteiger partial charge >= 0.3 is 0 Å². The summed E-state index contributed by atoms with van der Waals surface area (Å²) >= 11 is 5.72. The molecule has 0 fully saturated rings. The van der Waals surface area contributed by atoms with E-state index < -0.39 is 0 Å². The molecule has 0 bridgehead atoms. The topological polar surface area (TPSA) is 26.0 Å². The molecule has 1 aromatic heterocycles. The lowest BCUT2D eigenvalue weighted by molar-refractivity contribution is 0.527. The average molecular weight is 220 g/mol. The number of benzene rings is 1. The summed E-state index contributed by atoms with van der Waals surface area (Å²) in [5.74, 6) is 1.88. The second kappa shape index (κ2) is 3.38. The lowest BCUT2D eigenvalue weighted by Crippen LogP contribution is -2.02. The van der Waals surface area contributed by atoms with Crippen molar-refractivity contribution in [3.05, 3.63) is 41.4 Å². The molecule has 0 amide bonds. The smallest absolute Gasteiger partial charge is 0.210 e. The molecule has 1 aliphatic rings. The van der Waals surface area contributed by atoms with Gasteiger partial charge < -0.3 is 4.42 Å². The minimum absolute atomic E-state index is 0.342. The van der Waals surface area contributed by atoms with E-state index in [1.807, 2.05) is 6.07 Å². The van der Waals surface area contributed by atoms with Crippen molar-refractivity contribution in [3.8, 4) is 11.3 Å². The molecule has 1 aliphatic carbocycles.